The van der Waals surface area contributed by atoms with Crippen molar-refractivity contribution in [3.05, 3.63) is 328 Å². The minimum atomic E-state index is 1.08. The van der Waals surface area contributed by atoms with Crippen LogP contribution in [0.3, 0.4) is 0 Å². The molecule has 0 radical (unpaired) electrons. The van der Waals surface area contributed by atoms with Gasteiger partial charge in [0.15, 0.2) is 0 Å². The molecule has 0 aliphatic rings. The van der Waals surface area contributed by atoms with Gasteiger partial charge in [0.2, 0.25) is 0 Å². The lowest BCUT2D eigenvalue weighted by molar-refractivity contribution is 1.14. The number of rotatable bonds is 12. The van der Waals surface area contributed by atoms with Gasteiger partial charge >= 0.3 is 0 Å². The van der Waals surface area contributed by atoms with Gasteiger partial charge in [-0.1, -0.05) is 218 Å². The van der Waals surface area contributed by atoms with Crippen LogP contribution in [-0.4, -0.2) is 9.13 Å². The summed E-state index contributed by atoms with van der Waals surface area (Å²) < 4.78 is 5.10. The van der Waals surface area contributed by atoms with Crippen LogP contribution in [0, 0.1) is 0 Å². The summed E-state index contributed by atoms with van der Waals surface area (Å²) >= 11 is 0. The summed E-state index contributed by atoms with van der Waals surface area (Å²) in [5, 5.41) is 9.73. The topological polar surface area (TPSA) is 16.3 Å². The third kappa shape index (κ3) is 8.07. The highest BCUT2D eigenvalue weighted by atomic mass is 15.1. The normalized spacial score (nSPS) is 11.6. The number of fused-ring (bicyclic) bond motifs is 4. The summed E-state index contributed by atoms with van der Waals surface area (Å²) in [6.07, 6.45) is 0. The Kier molecular flexibility index (Phi) is 11.8. The number of nitrogens with zero attached hydrogens (tertiary/aromatic N) is 4. The summed E-state index contributed by atoms with van der Waals surface area (Å²) in [6, 6.07) is 119. The van der Waals surface area contributed by atoms with E-state index in [1.165, 1.54) is 76.4 Å². The second-order valence-electron chi connectivity index (χ2n) is 21.6. The lowest BCUT2D eigenvalue weighted by atomic mass is 9.89. The first kappa shape index (κ1) is 48.7. The van der Waals surface area contributed by atoms with Crippen LogP contribution in [0.1, 0.15) is 0 Å². The first-order chi connectivity index (χ1) is 41.7. The van der Waals surface area contributed by atoms with Gasteiger partial charge in [-0.05, 0) is 153 Å². The molecule has 14 aromatic carbocycles. The molecule has 0 aliphatic carbocycles. The van der Waals surface area contributed by atoms with Gasteiger partial charge in [-0.15, -0.1) is 0 Å². The number of benzene rings is 14. The Balaban J connectivity index is 0.989. The van der Waals surface area contributed by atoms with Gasteiger partial charge in [0.25, 0.3) is 0 Å². The van der Waals surface area contributed by atoms with Crippen molar-refractivity contribution >= 4 is 88.2 Å². The van der Waals surface area contributed by atoms with E-state index >= 15 is 0 Å². The summed E-state index contributed by atoms with van der Waals surface area (Å²) in [7, 11) is 0. The SMILES string of the molecule is c1ccc(-c2c(-c3ccccc3)n(-c3ccc(N(c4ccccc4)c4ccccc4)cc3)c3c2cc2ccc4c5c(ccc3c25)cc2c(-c3ccccc3)c(-c3ccccc3)n(-c3ccc(N(c5ccccc5)c5ccccc5)cc3)c24)cc1. The maximum absolute atomic E-state index is 2.55. The van der Waals surface area contributed by atoms with Crippen molar-refractivity contribution in [2.24, 2.45) is 0 Å². The molecule has 0 saturated carbocycles. The summed E-state index contributed by atoms with van der Waals surface area (Å²) in [5.41, 5.74) is 20.4. The Labute approximate surface area is 488 Å². The average Bonchev–Trinajstić information content (AvgIpc) is 1.69. The highest BCUT2D eigenvalue weighted by Crippen LogP contribution is 2.52. The Hall–Kier alpha value is -11.2. The number of para-hydroxylation sites is 4. The zero-order valence-electron chi connectivity index (χ0n) is 46.0. The smallest absolute Gasteiger partial charge is 0.0620 e. The van der Waals surface area contributed by atoms with E-state index in [9.17, 15) is 0 Å². The molecule has 0 aliphatic heterocycles. The Morgan fingerprint density at radius 3 is 0.774 bits per heavy atom. The van der Waals surface area contributed by atoms with Gasteiger partial charge in [-0.2, -0.15) is 0 Å². The fourth-order valence-electron chi connectivity index (χ4n) is 13.2. The van der Waals surface area contributed by atoms with Gasteiger partial charge in [0.05, 0.1) is 22.4 Å². The van der Waals surface area contributed by atoms with Crippen molar-refractivity contribution in [3.8, 4) is 56.1 Å². The molecule has 0 bridgehead atoms. The van der Waals surface area contributed by atoms with Crippen LogP contribution < -0.4 is 9.80 Å². The van der Waals surface area contributed by atoms with Crippen LogP contribution >= 0.6 is 0 Å². The quantitative estimate of drug-likeness (QED) is 0.113. The second kappa shape index (κ2) is 20.4. The van der Waals surface area contributed by atoms with Crippen molar-refractivity contribution in [1.82, 2.24) is 9.13 Å². The molecule has 0 atom stereocenters. The lowest BCUT2D eigenvalue weighted by Gasteiger charge is -2.26. The van der Waals surface area contributed by atoms with E-state index in [1.807, 2.05) is 0 Å². The molecule has 84 heavy (non-hydrogen) atoms. The van der Waals surface area contributed by atoms with Crippen molar-refractivity contribution in [2.75, 3.05) is 9.80 Å². The standard InChI is InChI=1S/C80H54N4/c1-9-25-55(26-10-1)75-71-53-59-41-52-70-74-60(42-51-69(73(59)74)79(71)83(77(75)57-29-13-3-14-30-57)67-47-43-65(44-48-67)81(61-33-17-5-18-34-61)62-35-19-6-20-36-62)54-72-76(56-27-11-2-12-28-56)78(58-31-15-4-16-32-58)84(80(70)72)68-49-45-66(46-50-68)82(63-37-21-7-22-38-63)64-39-23-8-24-40-64/h1-54H. The first-order valence-corrected chi connectivity index (χ1v) is 28.8. The van der Waals surface area contributed by atoms with Crippen LogP contribution in [0.25, 0.3) is 110 Å². The zero-order valence-corrected chi connectivity index (χ0v) is 46.0. The Morgan fingerprint density at radius 2 is 0.476 bits per heavy atom. The predicted molar refractivity (Wildman–Crippen MR) is 355 cm³/mol. The Bertz CT molecular complexity index is 4590. The van der Waals surface area contributed by atoms with Crippen LogP contribution in [-0.2, 0) is 0 Å². The van der Waals surface area contributed by atoms with E-state index in [4.69, 9.17) is 0 Å². The van der Waals surface area contributed by atoms with Crippen LogP contribution in [0.5, 0.6) is 0 Å². The van der Waals surface area contributed by atoms with Crippen LogP contribution in [0.2, 0.25) is 0 Å². The van der Waals surface area contributed by atoms with Gasteiger partial charge in [0.1, 0.15) is 0 Å². The van der Waals surface area contributed by atoms with E-state index in [0.29, 0.717) is 0 Å². The van der Waals surface area contributed by atoms with Crippen molar-refractivity contribution in [3.63, 3.8) is 0 Å². The zero-order chi connectivity index (χ0) is 55.5. The molecule has 0 unspecified atom stereocenters. The molecule has 4 heteroatoms. The molecule has 0 amide bonds. The van der Waals surface area contributed by atoms with Crippen LogP contribution in [0.4, 0.5) is 34.1 Å². The average molecular weight is 1070 g/mol. The molecule has 394 valence electrons. The monoisotopic (exact) mass is 1070 g/mol. The van der Waals surface area contributed by atoms with Gasteiger partial charge in [0, 0.05) is 78.2 Å². The number of hydrogen-bond acceptors (Lipinski definition) is 2. The molecule has 0 N–H and O–H groups in total. The van der Waals surface area contributed by atoms with Crippen molar-refractivity contribution in [2.45, 2.75) is 0 Å². The minimum Gasteiger partial charge on any atom is -0.311 e. The third-order valence-electron chi connectivity index (χ3n) is 16.8. The summed E-state index contributed by atoms with van der Waals surface area (Å²) in [4.78, 5) is 4.67. The minimum absolute atomic E-state index is 1.08. The van der Waals surface area contributed by atoms with Crippen molar-refractivity contribution in [1.29, 1.82) is 0 Å². The highest BCUT2D eigenvalue weighted by Gasteiger charge is 2.29. The van der Waals surface area contributed by atoms with E-state index in [1.54, 1.807) is 0 Å². The fourth-order valence-corrected chi connectivity index (χ4v) is 13.2. The molecular weight excluding hydrogens is 1020 g/mol. The molecular formula is C80H54N4. The first-order valence-electron chi connectivity index (χ1n) is 28.8. The molecule has 16 aromatic rings. The largest absolute Gasteiger partial charge is 0.311 e. The maximum atomic E-state index is 2.55. The highest BCUT2D eigenvalue weighted by molar-refractivity contribution is 6.35. The molecule has 0 spiro atoms. The lowest BCUT2D eigenvalue weighted by Crippen LogP contribution is -2.10. The van der Waals surface area contributed by atoms with E-state index < -0.39 is 0 Å². The maximum Gasteiger partial charge on any atom is 0.0620 e. The second-order valence-corrected chi connectivity index (χ2v) is 21.6. The molecule has 0 fully saturated rings. The predicted octanol–water partition coefficient (Wildman–Crippen LogP) is 22.1. The molecule has 2 heterocycles. The number of hydrogen-bond donors (Lipinski definition) is 0. The van der Waals surface area contributed by atoms with Crippen molar-refractivity contribution < 1.29 is 0 Å². The van der Waals surface area contributed by atoms with Crippen LogP contribution in [0.15, 0.2) is 328 Å². The summed E-state index contributed by atoms with van der Waals surface area (Å²) in [6.45, 7) is 0. The molecule has 4 nitrogen and oxygen atoms in total. The van der Waals surface area contributed by atoms with Gasteiger partial charge in [-0.25, -0.2) is 0 Å². The van der Waals surface area contributed by atoms with E-state index in [-0.39, 0.29) is 0 Å². The van der Waals surface area contributed by atoms with E-state index in [2.05, 4.69) is 347 Å². The third-order valence-corrected chi connectivity index (χ3v) is 16.8. The molecule has 16 rings (SSSR count). The Morgan fingerprint density at radius 1 is 0.214 bits per heavy atom. The molecule has 2 aromatic heterocycles. The molecule has 0 saturated heterocycles. The van der Waals surface area contributed by atoms with Gasteiger partial charge in [-0.3, -0.25) is 0 Å². The summed E-state index contributed by atoms with van der Waals surface area (Å²) in [5.74, 6) is 0. The van der Waals surface area contributed by atoms with Gasteiger partial charge < -0.3 is 18.9 Å². The fraction of sp³-hybridized carbons (Fsp3) is 0. The number of anilines is 6. The number of aromatic nitrogens is 2. The van der Waals surface area contributed by atoms with E-state index in [0.717, 1.165) is 68.0 Å².